The number of rotatable bonds is 5. The standard InChI is InChI=1S/C18H12ClN3O3/c19-13-8-11(5-6-16(13)25-10-17(23)24)7-12(9-20)18-21-14-3-1-2-4-15(14)22-18/h1-8H,10H2,(H,21,22)(H,23,24)/b12-7-. The Balaban J connectivity index is 1.90. The van der Waals surface area contributed by atoms with Crippen molar-refractivity contribution in [3.63, 3.8) is 0 Å². The number of nitrogens with zero attached hydrogens (tertiary/aromatic N) is 2. The fourth-order valence-corrected chi connectivity index (χ4v) is 2.51. The van der Waals surface area contributed by atoms with Crippen molar-refractivity contribution < 1.29 is 14.6 Å². The Labute approximate surface area is 147 Å². The minimum absolute atomic E-state index is 0.261. The Kier molecular flexibility index (Phi) is 4.68. The molecule has 0 amide bonds. The van der Waals surface area contributed by atoms with Gasteiger partial charge in [-0.1, -0.05) is 29.8 Å². The number of nitrogens with one attached hydrogen (secondary N) is 1. The lowest BCUT2D eigenvalue weighted by Gasteiger charge is -2.06. The largest absolute Gasteiger partial charge is 0.480 e. The number of halogens is 1. The number of para-hydroxylation sites is 2. The lowest BCUT2D eigenvalue weighted by Crippen LogP contribution is -2.09. The average Bonchev–Trinajstić information content (AvgIpc) is 3.02. The van der Waals surface area contributed by atoms with Crippen LogP contribution in [0.4, 0.5) is 0 Å². The highest BCUT2D eigenvalue weighted by atomic mass is 35.5. The van der Waals surface area contributed by atoms with Gasteiger partial charge in [-0.15, -0.1) is 0 Å². The first kappa shape index (κ1) is 16.6. The van der Waals surface area contributed by atoms with Gasteiger partial charge in [0.2, 0.25) is 0 Å². The van der Waals surface area contributed by atoms with Crippen molar-refractivity contribution in [3.05, 3.63) is 58.9 Å². The quantitative estimate of drug-likeness (QED) is 0.680. The van der Waals surface area contributed by atoms with Crippen molar-refractivity contribution >= 4 is 40.3 Å². The highest BCUT2D eigenvalue weighted by Gasteiger charge is 2.09. The molecule has 2 aromatic carbocycles. The number of aliphatic carboxylic acids is 1. The van der Waals surface area contributed by atoms with E-state index >= 15 is 0 Å². The van der Waals surface area contributed by atoms with Gasteiger partial charge < -0.3 is 14.8 Å². The highest BCUT2D eigenvalue weighted by Crippen LogP contribution is 2.27. The van der Waals surface area contributed by atoms with Crippen molar-refractivity contribution in [2.45, 2.75) is 0 Å². The Morgan fingerprint density at radius 3 is 2.84 bits per heavy atom. The molecule has 0 saturated carbocycles. The SMILES string of the molecule is N#C/C(=C/c1ccc(OCC(=O)O)c(Cl)c1)c1nc2ccccc2[nH]1. The van der Waals surface area contributed by atoms with Crippen LogP contribution in [0, 0.1) is 11.3 Å². The maximum atomic E-state index is 10.5. The molecule has 6 nitrogen and oxygen atoms in total. The maximum absolute atomic E-state index is 10.5. The van der Waals surface area contributed by atoms with Gasteiger partial charge in [0.15, 0.2) is 6.61 Å². The van der Waals surface area contributed by atoms with Crippen LogP contribution in [-0.2, 0) is 4.79 Å². The number of aromatic nitrogens is 2. The van der Waals surface area contributed by atoms with Crippen molar-refractivity contribution in [1.82, 2.24) is 9.97 Å². The van der Waals surface area contributed by atoms with Crippen molar-refractivity contribution in [2.24, 2.45) is 0 Å². The molecule has 1 heterocycles. The van der Waals surface area contributed by atoms with Crippen LogP contribution in [0.3, 0.4) is 0 Å². The normalized spacial score (nSPS) is 11.3. The molecule has 0 fully saturated rings. The average molecular weight is 354 g/mol. The molecule has 3 aromatic rings. The van der Waals surface area contributed by atoms with Crippen LogP contribution in [0.5, 0.6) is 5.75 Å². The molecule has 0 unspecified atom stereocenters. The Bertz CT molecular complexity index is 985. The topological polar surface area (TPSA) is 99.0 Å². The molecule has 2 N–H and O–H groups in total. The smallest absolute Gasteiger partial charge is 0.341 e. The number of ether oxygens (including phenoxy) is 1. The molecule has 1 aromatic heterocycles. The highest BCUT2D eigenvalue weighted by molar-refractivity contribution is 6.32. The van der Waals surface area contributed by atoms with Gasteiger partial charge in [-0.2, -0.15) is 5.26 Å². The summed E-state index contributed by atoms with van der Waals surface area (Å²) in [6.07, 6.45) is 1.64. The van der Waals surface area contributed by atoms with E-state index in [9.17, 15) is 10.1 Å². The number of allylic oxidation sites excluding steroid dienone is 1. The number of fused-ring (bicyclic) bond motifs is 1. The molecule has 0 bridgehead atoms. The number of nitriles is 1. The van der Waals surface area contributed by atoms with Gasteiger partial charge in [0.05, 0.1) is 21.6 Å². The van der Waals surface area contributed by atoms with Crippen LogP contribution in [0.15, 0.2) is 42.5 Å². The van der Waals surface area contributed by atoms with Crippen LogP contribution in [0.1, 0.15) is 11.4 Å². The molecule has 0 radical (unpaired) electrons. The van der Waals surface area contributed by atoms with E-state index in [-0.39, 0.29) is 10.8 Å². The second-order valence-corrected chi connectivity index (χ2v) is 5.55. The van der Waals surface area contributed by atoms with Gasteiger partial charge >= 0.3 is 5.97 Å². The summed E-state index contributed by atoms with van der Waals surface area (Å²) >= 11 is 6.10. The fourth-order valence-electron chi connectivity index (χ4n) is 2.26. The van der Waals surface area contributed by atoms with Crippen LogP contribution < -0.4 is 4.74 Å². The lowest BCUT2D eigenvalue weighted by atomic mass is 10.1. The lowest BCUT2D eigenvalue weighted by molar-refractivity contribution is -0.139. The van der Waals surface area contributed by atoms with Gasteiger partial charge in [-0.25, -0.2) is 9.78 Å². The van der Waals surface area contributed by atoms with Gasteiger partial charge in [0.25, 0.3) is 0 Å². The third-order valence-electron chi connectivity index (χ3n) is 3.38. The molecule has 3 rings (SSSR count). The molecule has 0 spiro atoms. The Morgan fingerprint density at radius 2 is 2.16 bits per heavy atom. The van der Waals surface area contributed by atoms with Gasteiger partial charge in [-0.3, -0.25) is 0 Å². The number of aromatic amines is 1. The van der Waals surface area contributed by atoms with E-state index in [1.807, 2.05) is 24.3 Å². The zero-order valence-corrected chi connectivity index (χ0v) is 13.6. The molecule has 0 aliphatic rings. The Morgan fingerprint density at radius 1 is 1.36 bits per heavy atom. The fraction of sp³-hybridized carbons (Fsp3) is 0.0556. The van der Waals surface area contributed by atoms with Gasteiger partial charge in [0, 0.05) is 0 Å². The number of carbonyl (C=O) groups is 1. The third kappa shape index (κ3) is 3.79. The molecule has 7 heteroatoms. The van der Waals surface area contributed by atoms with E-state index in [1.165, 1.54) is 0 Å². The number of carboxylic acid groups (broad SMARTS) is 1. The van der Waals surface area contributed by atoms with Gasteiger partial charge in [0.1, 0.15) is 17.6 Å². The van der Waals surface area contributed by atoms with E-state index in [1.54, 1.807) is 24.3 Å². The van der Waals surface area contributed by atoms with E-state index < -0.39 is 12.6 Å². The maximum Gasteiger partial charge on any atom is 0.341 e. The number of imidazole rings is 1. The summed E-state index contributed by atoms with van der Waals surface area (Å²) in [6, 6.07) is 14.5. The number of carboxylic acids is 1. The van der Waals surface area contributed by atoms with Crippen LogP contribution >= 0.6 is 11.6 Å². The summed E-state index contributed by atoms with van der Waals surface area (Å²) in [4.78, 5) is 18.0. The molecule has 0 aliphatic carbocycles. The molecule has 124 valence electrons. The van der Waals surface area contributed by atoms with Crippen molar-refractivity contribution in [2.75, 3.05) is 6.61 Å². The monoisotopic (exact) mass is 353 g/mol. The number of hydrogen-bond donors (Lipinski definition) is 2. The number of hydrogen-bond acceptors (Lipinski definition) is 4. The zero-order valence-electron chi connectivity index (χ0n) is 12.9. The first-order chi connectivity index (χ1) is 12.1. The molecular weight excluding hydrogens is 342 g/mol. The minimum atomic E-state index is -1.09. The summed E-state index contributed by atoms with van der Waals surface area (Å²) < 4.78 is 5.07. The van der Waals surface area contributed by atoms with Crippen molar-refractivity contribution in [3.8, 4) is 11.8 Å². The minimum Gasteiger partial charge on any atom is -0.480 e. The zero-order chi connectivity index (χ0) is 17.8. The molecule has 25 heavy (non-hydrogen) atoms. The van der Waals surface area contributed by atoms with E-state index in [2.05, 4.69) is 16.0 Å². The van der Waals surface area contributed by atoms with E-state index in [4.69, 9.17) is 21.4 Å². The first-order valence-corrected chi connectivity index (χ1v) is 7.65. The molecule has 0 saturated heterocycles. The summed E-state index contributed by atoms with van der Waals surface area (Å²) in [6.45, 7) is -0.475. The van der Waals surface area contributed by atoms with E-state index in [0.29, 0.717) is 17.0 Å². The van der Waals surface area contributed by atoms with E-state index in [0.717, 1.165) is 11.0 Å². The second-order valence-electron chi connectivity index (χ2n) is 5.14. The summed E-state index contributed by atoms with van der Waals surface area (Å²) in [5.74, 6) is -0.355. The molecular formula is C18H12ClN3O3. The third-order valence-corrected chi connectivity index (χ3v) is 3.68. The summed E-state index contributed by atoms with van der Waals surface area (Å²) in [5.41, 5.74) is 2.64. The summed E-state index contributed by atoms with van der Waals surface area (Å²) in [7, 11) is 0. The predicted molar refractivity (Wildman–Crippen MR) is 94.2 cm³/mol. The molecule has 0 atom stereocenters. The first-order valence-electron chi connectivity index (χ1n) is 7.28. The predicted octanol–water partition coefficient (Wildman–Crippen LogP) is 3.74. The van der Waals surface area contributed by atoms with Crippen LogP contribution in [0.25, 0.3) is 22.7 Å². The number of benzene rings is 2. The Hall–Kier alpha value is -3.30. The molecule has 0 aliphatic heterocycles. The van der Waals surface area contributed by atoms with Crippen molar-refractivity contribution in [1.29, 1.82) is 5.26 Å². The van der Waals surface area contributed by atoms with Crippen LogP contribution in [-0.4, -0.2) is 27.7 Å². The summed E-state index contributed by atoms with van der Waals surface area (Å²) in [5, 5.41) is 18.3. The van der Waals surface area contributed by atoms with Gasteiger partial charge in [-0.05, 0) is 35.9 Å². The van der Waals surface area contributed by atoms with Crippen LogP contribution in [0.2, 0.25) is 5.02 Å². The number of H-pyrrole nitrogens is 1. The second kappa shape index (κ2) is 7.07.